The molecule has 0 radical (unpaired) electrons. The van der Waals surface area contributed by atoms with Crippen molar-refractivity contribution in [2.75, 3.05) is 7.11 Å². The van der Waals surface area contributed by atoms with Gasteiger partial charge in [0.1, 0.15) is 17.3 Å². The van der Waals surface area contributed by atoms with Gasteiger partial charge >= 0.3 is 0 Å². The van der Waals surface area contributed by atoms with E-state index >= 15 is 0 Å². The van der Waals surface area contributed by atoms with Gasteiger partial charge in [-0.2, -0.15) is 0 Å². The number of hydrogen-bond donors (Lipinski definition) is 0. The number of halogens is 2. The molecule has 1 aliphatic rings. The molecule has 0 amide bonds. The van der Waals surface area contributed by atoms with Gasteiger partial charge in [0.2, 0.25) is 5.78 Å². The average Bonchev–Trinajstić information content (AvgIpc) is 2.79. The van der Waals surface area contributed by atoms with E-state index in [1.165, 1.54) is 25.3 Å². The lowest BCUT2D eigenvalue weighted by Crippen LogP contribution is -2.00. The molecule has 0 spiro atoms. The Hall–Kier alpha value is -2.33. The molecule has 0 N–H and O–H groups in total. The van der Waals surface area contributed by atoms with Crippen LogP contribution in [-0.2, 0) is 0 Å². The number of fused-ring (bicyclic) bond motifs is 1. The molecule has 1 aliphatic heterocycles. The maximum absolute atomic E-state index is 13.8. The van der Waals surface area contributed by atoms with Crippen molar-refractivity contribution in [1.82, 2.24) is 0 Å². The fourth-order valence-electron chi connectivity index (χ4n) is 2.37. The van der Waals surface area contributed by atoms with Crippen LogP contribution in [0.25, 0.3) is 6.08 Å². The maximum atomic E-state index is 13.8. The van der Waals surface area contributed by atoms with E-state index in [2.05, 4.69) is 0 Å². The van der Waals surface area contributed by atoms with E-state index in [-0.39, 0.29) is 22.1 Å². The Balaban J connectivity index is 2.08. The van der Waals surface area contributed by atoms with Crippen molar-refractivity contribution in [3.8, 4) is 11.5 Å². The lowest BCUT2D eigenvalue weighted by Gasteiger charge is -2.04. The van der Waals surface area contributed by atoms with E-state index in [0.29, 0.717) is 17.1 Å². The van der Waals surface area contributed by atoms with E-state index in [9.17, 15) is 9.18 Å². The predicted octanol–water partition coefficient (Wildman–Crippen LogP) is 4.41. The molecule has 0 saturated heterocycles. The molecule has 5 heteroatoms. The van der Waals surface area contributed by atoms with E-state index < -0.39 is 5.82 Å². The lowest BCUT2D eigenvalue weighted by molar-refractivity contribution is 0.101. The van der Waals surface area contributed by atoms with Gasteiger partial charge in [0.15, 0.2) is 5.76 Å². The molecule has 0 atom stereocenters. The van der Waals surface area contributed by atoms with Crippen LogP contribution in [0, 0.1) is 12.7 Å². The van der Waals surface area contributed by atoms with Crippen LogP contribution >= 0.6 is 11.6 Å². The normalized spacial score (nSPS) is 14.9. The minimum absolute atomic E-state index is 0.0401. The van der Waals surface area contributed by atoms with Crippen LogP contribution in [-0.4, -0.2) is 12.9 Å². The molecule has 22 heavy (non-hydrogen) atoms. The fraction of sp³-hybridized carbons (Fsp3) is 0.118. The second kappa shape index (κ2) is 5.46. The minimum Gasteiger partial charge on any atom is -0.497 e. The SMILES string of the molecule is COc1cc(C)c2c(c1)O/C(=C\c1c(F)cccc1Cl)C2=O. The molecule has 2 aromatic rings. The monoisotopic (exact) mass is 318 g/mol. The standard InChI is InChI=1S/C17H12ClFO3/c1-9-6-10(21-2)7-14-16(9)17(20)15(22-14)8-11-12(18)4-3-5-13(11)19/h3-8H,1-2H3/b15-8-. The summed E-state index contributed by atoms with van der Waals surface area (Å²) >= 11 is 5.97. The van der Waals surface area contributed by atoms with Crippen LogP contribution < -0.4 is 9.47 Å². The first-order valence-corrected chi connectivity index (χ1v) is 6.96. The number of Topliss-reactive ketones (excluding diaryl/α,β-unsaturated/α-hetero) is 1. The smallest absolute Gasteiger partial charge is 0.232 e. The molecule has 0 unspecified atom stereocenters. The number of rotatable bonds is 2. The number of hydrogen-bond acceptors (Lipinski definition) is 3. The van der Waals surface area contributed by atoms with Gasteiger partial charge in [-0.1, -0.05) is 17.7 Å². The van der Waals surface area contributed by atoms with Crippen LogP contribution in [0.2, 0.25) is 5.02 Å². The highest BCUT2D eigenvalue weighted by Gasteiger charge is 2.30. The third-order valence-electron chi connectivity index (χ3n) is 3.45. The van der Waals surface area contributed by atoms with E-state index in [1.807, 2.05) is 0 Å². The first-order chi connectivity index (χ1) is 10.5. The summed E-state index contributed by atoms with van der Waals surface area (Å²) < 4.78 is 24.6. The summed E-state index contributed by atoms with van der Waals surface area (Å²) in [7, 11) is 1.54. The Kier molecular flexibility index (Phi) is 3.62. The molecule has 0 fully saturated rings. The first kappa shape index (κ1) is 14.6. The van der Waals surface area contributed by atoms with Gasteiger partial charge in [-0.3, -0.25) is 4.79 Å². The molecule has 0 saturated carbocycles. The average molecular weight is 319 g/mol. The highest BCUT2D eigenvalue weighted by atomic mass is 35.5. The molecule has 2 aromatic carbocycles. The second-order valence-corrected chi connectivity index (χ2v) is 5.30. The van der Waals surface area contributed by atoms with Crippen LogP contribution in [0.4, 0.5) is 4.39 Å². The molecule has 3 rings (SSSR count). The largest absolute Gasteiger partial charge is 0.497 e. The minimum atomic E-state index is -0.512. The van der Waals surface area contributed by atoms with E-state index in [0.717, 1.165) is 5.56 Å². The van der Waals surface area contributed by atoms with Gasteiger partial charge in [0.25, 0.3) is 0 Å². The summed E-state index contributed by atoms with van der Waals surface area (Å²) in [5.41, 5.74) is 1.33. The number of aryl methyl sites for hydroxylation is 1. The lowest BCUT2D eigenvalue weighted by atomic mass is 10.0. The predicted molar refractivity (Wildman–Crippen MR) is 82.1 cm³/mol. The molecule has 3 nitrogen and oxygen atoms in total. The number of ketones is 1. The Bertz CT molecular complexity index is 792. The summed E-state index contributed by atoms with van der Waals surface area (Å²) in [5.74, 6) is 0.226. The Morgan fingerprint density at radius 1 is 1.32 bits per heavy atom. The highest BCUT2D eigenvalue weighted by Crippen LogP contribution is 2.38. The van der Waals surface area contributed by atoms with E-state index in [4.69, 9.17) is 21.1 Å². The zero-order chi connectivity index (χ0) is 15.9. The summed E-state index contributed by atoms with van der Waals surface area (Å²) in [5, 5.41) is 0.217. The van der Waals surface area contributed by atoms with Gasteiger partial charge in [0, 0.05) is 11.6 Å². The highest BCUT2D eigenvalue weighted by molar-refractivity contribution is 6.32. The second-order valence-electron chi connectivity index (χ2n) is 4.89. The fourth-order valence-corrected chi connectivity index (χ4v) is 2.59. The Morgan fingerprint density at radius 3 is 2.77 bits per heavy atom. The first-order valence-electron chi connectivity index (χ1n) is 6.58. The Morgan fingerprint density at radius 2 is 2.09 bits per heavy atom. The molecular formula is C17H12ClFO3. The van der Waals surface area contributed by atoms with Crippen molar-refractivity contribution < 1.29 is 18.7 Å². The number of benzene rings is 2. The van der Waals surface area contributed by atoms with Crippen molar-refractivity contribution in [2.45, 2.75) is 6.92 Å². The molecule has 0 aromatic heterocycles. The van der Waals surface area contributed by atoms with Crippen LogP contribution in [0.15, 0.2) is 36.1 Å². The van der Waals surface area contributed by atoms with Gasteiger partial charge in [-0.05, 0) is 36.8 Å². The van der Waals surface area contributed by atoms with Crippen molar-refractivity contribution in [2.24, 2.45) is 0 Å². The van der Waals surface area contributed by atoms with Crippen LogP contribution in [0.3, 0.4) is 0 Å². The van der Waals surface area contributed by atoms with Gasteiger partial charge in [0.05, 0.1) is 17.7 Å². The number of methoxy groups -OCH3 is 1. The number of ether oxygens (including phenoxy) is 2. The van der Waals surface area contributed by atoms with Crippen molar-refractivity contribution >= 4 is 23.5 Å². The Labute approximate surface area is 131 Å². The molecule has 0 bridgehead atoms. The zero-order valence-corrected chi connectivity index (χ0v) is 12.7. The third kappa shape index (κ3) is 2.35. The topological polar surface area (TPSA) is 35.5 Å². The number of carbonyl (C=O) groups excluding carboxylic acids is 1. The summed E-state index contributed by atoms with van der Waals surface area (Å²) in [6, 6.07) is 7.71. The quantitative estimate of drug-likeness (QED) is 0.769. The number of carbonyl (C=O) groups is 1. The van der Waals surface area contributed by atoms with Crippen molar-refractivity contribution in [1.29, 1.82) is 0 Å². The molecule has 0 aliphatic carbocycles. The van der Waals surface area contributed by atoms with Gasteiger partial charge in [-0.25, -0.2) is 4.39 Å². The third-order valence-corrected chi connectivity index (χ3v) is 3.78. The molecular weight excluding hydrogens is 307 g/mol. The van der Waals surface area contributed by atoms with Crippen LogP contribution in [0.1, 0.15) is 21.5 Å². The van der Waals surface area contributed by atoms with Gasteiger partial charge in [-0.15, -0.1) is 0 Å². The van der Waals surface area contributed by atoms with Crippen LogP contribution in [0.5, 0.6) is 11.5 Å². The molecule has 1 heterocycles. The summed E-state index contributed by atoms with van der Waals surface area (Å²) in [6.45, 7) is 1.79. The maximum Gasteiger partial charge on any atom is 0.232 e. The summed E-state index contributed by atoms with van der Waals surface area (Å²) in [6.07, 6.45) is 1.33. The zero-order valence-electron chi connectivity index (χ0n) is 11.9. The number of allylic oxidation sites excluding steroid dienone is 1. The molecule has 112 valence electrons. The summed E-state index contributed by atoms with van der Waals surface area (Å²) in [4.78, 5) is 12.4. The van der Waals surface area contributed by atoms with E-state index in [1.54, 1.807) is 25.1 Å². The van der Waals surface area contributed by atoms with Crippen molar-refractivity contribution in [3.05, 3.63) is 63.6 Å². The van der Waals surface area contributed by atoms with Crippen molar-refractivity contribution in [3.63, 3.8) is 0 Å². The van der Waals surface area contributed by atoms with Gasteiger partial charge < -0.3 is 9.47 Å².